The molecule has 1 aromatic rings. The van der Waals surface area contributed by atoms with Crippen LogP contribution in [-0.4, -0.2) is 4.98 Å². The van der Waals surface area contributed by atoms with Crippen molar-refractivity contribution in [3.05, 3.63) is 22.8 Å². The third kappa shape index (κ3) is 2.17. The Morgan fingerprint density at radius 1 is 1.33 bits per heavy atom. The Balaban J connectivity index is 0.000000291. The standard InChI is InChI=1S/C6H7N.C2H6/c1-5-3-4-7-6(5)2;1-2/h3-4,7H,1-2H2;1-2H3. The molecule has 0 unspecified atom stereocenters. The minimum Gasteiger partial charge on any atom is -0.362 e. The Morgan fingerprint density at radius 3 is 2.00 bits per heavy atom. The highest BCUT2D eigenvalue weighted by Crippen LogP contribution is 1.53. The van der Waals surface area contributed by atoms with Crippen molar-refractivity contribution in [2.75, 3.05) is 0 Å². The molecule has 0 atom stereocenters. The molecule has 0 aliphatic rings. The number of nitrogens with one attached hydrogen (secondary N) is 1. The van der Waals surface area contributed by atoms with Crippen molar-refractivity contribution in [3.63, 3.8) is 0 Å². The van der Waals surface area contributed by atoms with Crippen LogP contribution in [-0.2, 0) is 0 Å². The van der Waals surface area contributed by atoms with Crippen molar-refractivity contribution < 1.29 is 0 Å². The van der Waals surface area contributed by atoms with Gasteiger partial charge in [0.2, 0.25) is 0 Å². The van der Waals surface area contributed by atoms with Gasteiger partial charge in [-0.05, 0) is 11.3 Å². The molecule has 0 saturated carbocycles. The Labute approximate surface area is 55.7 Å². The summed E-state index contributed by atoms with van der Waals surface area (Å²) in [6.45, 7) is 11.3. The van der Waals surface area contributed by atoms with Crippen molar-refractivity contribution in [2.45, 2.75) is 13.8 Å². The van der Waals surface area contributed by atoms with Gasteiger partial charge in [-0.2, -0.15) is 0 Å². The van der Waals surface area contributed by atoms with E-state index in [-0.39, 0.29) is 0 Å². The van der Waals surface area contributed by atoms with Gasteiger partial charge in [0.05, 0.1) is 0 Å². The van der Waals surface area contributed by atoms with Crippen molar-refractivity contribution in [1.29, 1.82) is 0 Å². The molecule has 1 nitrogen and oxygen atoms in total. The molecule has 1 heterocycles. The van der Waals surface area contributed by atoms with Gasteiger partial charge in [-0.3, -0.25) is 0 Å². The van der Waals surface area contributed by atoms with Crippen LogP contribution in [0.5, 0.6) is 0 Å². The summed E-state index contributed by atoms with van der Waals surface area (Å²) < 4.78 is 0. The summed E-state index contributed by atoms with van der Waals surface area (Å²) in [6, 6.07) is 1.89. The van der Waals surface area contributed by atoms with Crippen molar-refractivity contribution in [2.24, 2.45) is 0 Å². The van der Waals surface area contributed by atoms with Gasteiger partial charge in [0, 0.05) is 11.5 Å². The van der Waals surface area contributed by atoms with E-state index in [1.165, 1.54) is 0 Å². The van der Waals surface area contributed by atoms with Gasteiger partial charge in [0.25, 0.3) is 0 Å². The highest BCUT2D eigenvalue weighted by Gasteiger charge is 1.71. The van der Waals surface area contributed by atoms with Crippen LogP contribution >= 0.6 is 0 Å². The molecule has 0 radical (unpaired) electrons. The second kappa shape index (κ2) is 3.96. The maximum Gasteiger partial charge on any atom is 0.0374 e. The minimum absolute atomic E-state index is 0.903. The quantitative estimate of drug-likeness (QED) is 0.526. The Hall–Kier alpha value is -0.980. The van der Waals surface area contributed by atoms with Crippen LogP contribution in [0.4, 0.5) is 0 Å². The zero-order valence-corrected chi connectivity index (χ0v) is 6.07. The number of aromatic amines is 1. The van der Waals surface area contributed by atoms with Gasteiger partial charge in [-0.25, -0.2) is 0 Å². The average Bonchev–Trinajstić information content (AvgIpc) is 2.23. The van der Waals surface area contributed by atoms with Crippen molar-refractivity contribution in [3.8, 4) is 0 Å². The lowest BCUT2D eigenvalue weighted by atomic mass is 10.5. The smallest absolute Gasteiger partial charge is 0.0374 e. The molecule has 1 aromatic heterocycles. The highest BCUT2D eigenvalue weighted by atomic mass is 14.6. The highest BCUT2D eigenvalue weighted by molar-refractivity contribution is 5.09. The Morgan fingerprint density at radius 2 is 1.89 bits per heavy atom. The first-order chi connectivity index (χ1) is 4.30. The molecule has 0 spiro atoms. The summed E-state index contributed by atoms with van der Waals surface area (Å²) in [5.41, 5.74) is 0. The Kier molecular flexibility index (Phi) is 3.52. The van der Waals surface area contributed by atoms with Crippen molar-refractivity contribution >= 4 is 13.2 Å². The first-order valence-electron chi connectivity index (χ1n) is 3.12. The van der Waals surface area contributed by atoms with Crippen LogP contribution in [0.1, 0.15) is 13.8 Å². The van der Waals surface area contributed by atoms with Crippen LogP contribution in [0, 0.1) is 0 Å². The molecule has 9 heavy (non-hydrogen) atoms. The molecule has 0 saturated heterocycles. The van der Waals surface area contributed by atoms with E-state index >= 15 is 0 Å². The average molecular weight is 123 g/mol. The fourth-order valence-corrected chi connectivity index (χ4v) is 0.436. The summed E-state index contributed by atoms with van der Waals surface area (Å²) in [4.78, 5) is 2.89. The molecule has 0 aromatic carbocycles. The predicted octanol–water partition coefficient (Wildman–Crippen LogP) is 0.861. The minimum atomic E-state index is 0.903. The Bertz CT molecular complexity index is 209. The molecule has 0 aliphatic carbocycles. The zero-order chi connectivity index (χ0) is 7.28. The van der Waals surface area contributed by atoms with Gasteiger partial charge in [-0.15, -0.1) is 0 Å². The maximum atomic E-state index is 3.69. The molecule has 1 heteroatoms. The van der Waals surface area contributed by atoms with Gasteiger partial charge in [-0.1, -0.05) is 27.0 Å². The van der Waals surface area contributed by atoms with Crippen LogP contribution in [0.15, 0.2) is 12.3 Å². The lowest BCUT2D eigenvalue weighted by Gasteiger charge is -1.62. The van der Waals surface area contributed by atoms with E-state index in [4.69, 9.17) is 0 Å². The van der Waals surface area contributed by atoms with E-state index in [1.54, 1.807) is 0 Å². The molecule has 1 N–H and O–H groups in total. The number of H-pyrrole nitrogens is 1. The molecular weight excluding hydrogens is 110 g/mol. The van der Waals surface area contributed by atoms with E-state index in [9.17, 15) is 0 Å². The third-order valence-corrected chi connectivity index (χ3v) is 0.930. The van der Waals surface area contributed by atoms with Crippen LogP contribution in [0.25, 0.3) is 13.2 Å². The first kappa shape index (κ1) is 8.02. The predicted molar refractivity (Wildman–Crippen MR) is 42.4 cm³/mol. The lowest BCUT2D eigenvalue weighted by molar-refractivity contribution is 1.33. The van der Waals surface area contributed by atoms with Crippen LogP contribution < -0.4 is 10.6 Å². The molecule has 0 bridgehead atoms. The monoisotopic (exact) mass is 123 g/mol. The third-order valence-electron chi connectivity index (χ3n) is 0.930. The van der Waals surface area contributed by atoms with E-state index in [2.05, 4.69) is 18.1 Å². The fourth-order valence-electron chi connectivity index (χ4n) is 0.436. The summed E-state index contributed by atoms with van der Waals surface area (Å²) in [6.07, 6.45) is 1.82. The second-order valence-electron chi connectivity index (χ2n) is 1.48. The summed E-state index contributed by atoms with van der Waals surface area (Å²) in [7, 11) is 0. The zero-order valence-electron chi connectivity index (χ0n) is 6.07. The fraction of sp³-hybridized carbons (Fsp3) is 0.250. The molecule has 0 amide bonds. The summed E-state index contributed by atoms with van der Waals surface area (Å²) >= 11 is 0. The van der Waals surface area contributed by atoms with E-state index in [0.717, 1.165) is 10.6 Å². The van der Waals surface area contributed by atoms with E-state index in [1.807, 2.05) is 26.1 Å². The van der Waals surface area contributed by atoms with Crippen molar-refractivity contribution in [1.82, 2.24) is 4.98 Å². The largest absolute Gasteiger partial charge is 0.362 e. The normalized spacial score (nSPS) is 7.78. The molecular formula is C8H13N. The molecule has 1 rings (SSSR count). The van der Waals surface area contributed by atoms with E-state index in [0.29, 0.717) is 0 Å². The van der Waals surface area contributed by atoms with Gasteiger partial charge >= 0.3 is 0 Å². The van der Waals surface area contributed by atoms with E-state index < -0.39 is 0 Å². The summed E-state index contributed by atoms with van der Waals surface area (Å²) in [5.74, 6) is 0. The van der Waals surface area contributed by atoms with Gasteiger partial charge in [0.1, 0.15) is 0 Å². The topological polar surface area (TPSA) is 15.8 Å². The van der Waals surface area contributed by atoms with Gasteiger partial charge < -0.3 is 4.98 Å². The lowest BCUT2D eigenvalue weighted by Crippen LogP contribution is -2.17. The summed E-state index contributed by atoms with van der Waals surface area (Å²) in [5, 5.41) is 1.88. The first-order valence-corrected chi connectivity index (χ1v) is 3.12. The second-order valence-corrected chi connectivity index (χ2v) is 1.48. The molecule has 0 aliphatic heterocycles. The van der Waals surface area contributed by atoms with Gasteiger partial charge in [0.15, 0.2) is 0 Å². The number of rotatable bonds is 0. The number of hydrogen-bond donors (Lipinski definition) is 1. The molecule has 0 fully saturated rings. The number of aromatic nitrogens is 1. The SMILES string of the molecule is C=c1cc[nH]c1=C.CC. The maximum absolute atomic E-state index is 3.69. The molecule has 50 valence electrons. The van der Waals surface area contributed by atoms with Crippen LogP contribution in [0.3, 0.4) is 0 Å². The van der Waals surface area contributed by atoms with Crippen LogP contribution in [0.2, 0.25) is 0 Å². The number of hydrogen-bond acceptors (Lipinski definition) is 0.